The molecule has 0 bridgehead atoms. The largest absolute Gasteiger partial charge is 0.451 e. The number of fused-ring (bicyclic) bond motifs is 1. The summed E-state index contributed by atoms with van der Waals surface area (Å²) in [6, 6.07) is 7.00. The molecular formula is C15H18N2O3. The highest BCUT2D eigenvalue weighted by molar-refractivity contribution is 5.96. The smallest absolute Gasteiger partial charge is 0.287 e. The van der Waals surface area contributed by atoms with Gasteiger partial charge in [0.1, 0.15) is 5.58 Å². The van der Waals surface area contributed by atoms with Crippen molar-refractivity contribution in [3.05, 3.63) is 30.0 Å². The van der Waals surface area contributed by atoms with Gasteiger partial charge in [-0.3, -0.25) is 4.79 Å². The van der Waals surface area contributed by atoms with E-state index in [1.54, 1.807) is 24.3 Å². The van der Waals surface area contributed by atoms with Crippen LogP contribution in [0.4, 0.5) is 5.69 Å². The van der Waals surface area contributed by atoms with E-state index < -0.39 is 0 Å². The summed E-state index contributed by atoms with van der Waals surface area (Å²) in [7, 11) is 0. The maximum atomic E-state index is 11.9. The Bertz CT molecular complexity index is 617. The molecule has 1 aromatic heterocycles. The van der Waals surface area contributed by atoms with Crippen molar-refractivity contribution in [2.75, 3.05) is 25.5 Å². The van der Waals surface area contributed by atoms with E-state index in [1.165, 1.54) is 12.8 Å². The molecule has 5 heteroatoms. The number of hydrogen-bond donors (Lipinski definition) is 2. The van der Waals surface area contributed by atoms with Crippen LogP contribution in [0.2, 0.25) is 0 Å². The standard InChI is InChI=1S/C15H18N2O3/c16-12-3-4-13-11(7-12)8-14(20-13)15(18)17-5-6-19-9-10-1-2-10/h3-4,7-8,10H,1-2,5-6,9,16H2,(H,17,18). The Morgan fingerprint density at radius 3 is 3.05 bits per heavy atom. The number of nitrogens with one attached hydrogen (secondary N) is 1. The summed E-state index contributed by atoms with van der Waals surface area (Å²) in [5, 5.41) is 3.61. The molecule has 1 aromatic carbocycles. The van der Waals surface area contributed by atoms with Crippen molar-refractivity contribution < 1.29 is 13.9 Å². The van der Waals surface area contributed by atoms with Crippen molar-refractivity contribution in [3.8, 4) is 0 Å². The molecular weight excluding hydrogens is 256 g/mol. The van der Waals surface area contributed by atoms with Gasteiger partial charge in [-0.1, -0.05) is 0 Å². The van der Waals surface area contributed by atoms with Crippen LogP contribution < -0.4 is 11.1 Å². The van der Waals surface area contributed by atoms with E-state index in [-0.39, 0.29) is 5.91 Å². The third kappa shape index (κ3) is 3.11. The van der Waals surface area contributed by atoms with Crippen LogP contribution in [0, 0.1) is 5.92 Å². The van der Waals surface area contributed by atoms with E-state index in [2.05, 4.69) is 5.32 Å². The number of anilines is 1. The monoisotopic (exact) mass is 274 g/mol. The van der Waals surface area contributed by atoms with Gasteiger partial charge >= 0.3 is 0 Å². The van der Waals surface area contributed by atoms with Crippen LogP contribution in [0.15, 0.2) is 28.7 Å². The molecule has 1 heterocycles. The molecule has 0 radical (unpaired) electrons. The lowest BCUT2D eigenvalue weighted by atomic mass is 10.2. The molecule has 20 heavy (non-hydrogen) atoms. The topological polar surface area (TPSA) is 77.5 Å². The zero-order valence-corrected chi connectivity index (χ0v) is 11.2. The maximum Gasteiger partial charge on any atom is 0.287 e. The molecule has 1 amide bonds. The van der Waals surface area contributed by atoms with Crippen LogP contribution in [0.5, 0.6) is 0 Å². The van der Waals surface area contributed by atoms with Crippen LogP contribution in [-0.2, 0) is 4.74 Å². The highest BCUT2D eigenvalue weighted by Crippen LogP contribution is 2.28. The van der Waals surface area contributed by atoms with Crippen molar-refractivity contribution in [3.63, 3.8) is 0 Å². The second kappa shape index (κ2) is 5.54. The molecule has 0 unspecified atom stereocenters. The number of hydrogen-bond acceptors (Lipinski definition) is 4. The number of nitrogen functional groups attached to an aromatic ring is 1. The van der Waals surface area contributed by atoms with E-state index in [9.17, 15) is 4.79 Å². The predicted molar refractivity (Wildman–Crippen MR) is 76.5 cm³/mol. The fourth-order valence-electron chi connectivity index (χ4n) is 2.03. The lowest BCUT2D eigenvalue weighted by Crippen LogP contribution is -2.27. The van der Waals surface area contributed by atoms with Crippen molar-refractivity contribution >= 4 is 22.6 Å². The van der Waals surface area contributed by atoms with Gasteiger partial charge < -0.3 is 20.2 Å². The highest BCUT2D eigenvalue weighted by Gasteiger charge is 2.21. The van der Waals surface area contributed by atoms with Crippen molar-refractivity contribution in [1.29, 1.82) is 0 Å². The summed E-state index contributed by atoms with van der Waals surface area (Å²) >= 11 is 0. The Hall–Kier alpha value is -2.01. The summed E-state index contributed by atoms with van der Waals surface area (Å²) in [4.78, 5) is 11.9. The number of nitrogens with two attached hydrogens (primary N) is 1. The second-order valence-electron chi connectivity index (χ2n) is 5.18. The number of amides is 1. The van der Waals surface area contributed by atoms with E-state index in [0.29, 0.717) is 30.2 Å². The molecule has 1 aliphatic rings. The quantitative estimate of drug-likeness (QED) is 0.625. The minimum absolute atomic E-state index is 0.227. The first kappa shape index (κ1) is 13.0. The number of carbonyl (C=O) groups is 1. The molecule has 5 nitrogen and oxygen atoms in total. The number of rotatable bonds is 6. The molecule has 3 rings (SSSR count). The number of furan rings is 1. The summed E-state index contributed by atoms with van der Waals surface area (Å²) in [6.45, 7) is 1.83. The molecule has 0 aliphatic heterocycles. The number of benzene rings is 1. The van der Waals surface area contributed by atoms with Gasteiger partial charge in [0.05, 0.1) is 6.61 Å². The molecule has 0 spiro atoms. The lowest BCUT2D eigenvalue weighted by Gasteiger charge is -2.04. The van der Waals surface area contributed by atoms with Gasteiger partial charge in [0, 0.05) is 24.2 Å². The Labute approximate surface area is 117 Å². The molecule has 0 saturated heterocycles. The first-order valence-electron chi connectivity index (χ1n) is 6.87. The zero-order chi connectivity index (χ0) is 13.9. The van der Waals surface area contributed by atoms with Crippen LogP contribution in [-0.4, -0.2) is 25.7 Å². The lowest BCUT2D eigenvalue weighted by molar-refractivity contribution is 0.0883. The minimum Gasteiger partial charge on any atom is -0.451 e. The summed E-state index contributed by atoms with van der Waals surface area (Å²) in [5.41, 5.74) is 7.01. The molecule has 1 aliphatic carbocycles. The molecule has 1 saturated carbocycles. The zero-order valence-electron chi connectivity index (χ0n) is 11.2. The fourth-order valence-corrected chi connectivity index (χ4v) is 2.03. The number of carbonyl (C=O) groups excluding carboxylic acids is 1. The second-order valence-corrected chi connectivity index (χ2v) is 5.18. The summed E-state index contributed by atoms with van der Waals surface area (Å²) in [5.74, 6) is 0.814. The van der Waals surface area contributed by atoms with E-state index in [0.717, 1.165) is 17.9 Å². The summed E-state index contributed by atoms with van der Waals surface area (Å²) < 4.78 is 10.9. The van der Waals surface area contributed by atoms with Crippen LogP contribution in [0.1, 0.15) is 23.4 Å². The molecule has 3 N–H and O–H groups in total. The van der Waals surface area contributed by atoms with Gasteiger partial charge in [-0.05, 0) is 43.0 Å². The Balaban J connectivity index is 1.52. The van der Waals surface area contributed by atoms with Crippen molar-refractivity contribution in [2.45, 2.75) is 12.8 Å². The first-order valence-corrected chi connectivity index (χ1v) is 6.87. The van der Waals surface area contributed by atoms with Crippen LogP contribution in [0.3, 0.4) is 0 Å². The maximum absolute atomic E-state index is 11.9. The highest BCUT2D eigenvalue weighted by atomic mass is 16.5. The Morgan fingerprint density at radius 1 is 1.40 bits per heavy atom. The van der Waals surface area contributed by atoms with Gasteiger partial charge in [0.2, 0.25) is 0 Å². The van der Waals surface area contributed by atoms with E-state index in [1.807, 2.05) is 0 Å². The Morgan fingerprint density at radius 2 is 2.25 bits per heavy atom. The van der Waals surface area contributed by atoms with Gasteiger partial charge in [-0.15, -0.1) is 0 Å². The molecule has 0 atom stereocenters. The third-order valence-electron chi connectivity index (χ3n) is 3.35. The fraction of sp³-hybridized carbons (Fsp3) is 0.400. The Kier molecular flexibility index (Phi) is 3.60. The average molecular weight is 274 g/mol. The van der Waals surface area contributed by atoms with Crippen molar-refractivity contribution in [2.24, 2.45) is 5.92 Å². The average Bonchev–Trinajstić information content (AvgIpc) is 3.15. The molecule has 2 aromatic rings. The third-order valence-corrected chi connectivity index (χ3v) is 3.35. The number of ether oxygens (including phenoxy) is 1. The van der Waals surface area contributed by atoms with Crippen LogP contribution >= 0.6 is 0 Å². The molecule has 106 valence electrons. The van der Waals surface area contributed by atoms with Gasteiger partial charge in [-0.25, -0.2) is 0 Å². The van der Waals surface area contributed by atoms with Gasteiger partial charge in [0.15, 0.2) is 5.76 Å². The summed E-state index contributed by atoms with van der Waals surface area (Å²) in [6.07, 6.45) is 2.54. The normalized spacial score (nSPS) is 14.6. The van der Waals surface area contributed by atoms with Gasteiger partial charge in [0.25, 0.3) is 5.91 Å². The van der Waals surface area contributed by atoms with E-state index >= 15 is 0 Å². The van der Waals surface area contributed by atoms with Crippen molar-refractivity contribution in [1.82, 2.24) is 5.32 Å². The van der Waals surface area contributed by atoms with Gasteiger partial charge in [-0.2, -0.15) is 0 Å². The first-order chi connectivity index (χ1) is 9.72. The SMILES string of the molecule is Nc1ccc2oc(C(=O)NCCOCC3CC3)cc2c1. The van der Waals surface area contributed by atoms with Crippen LogP contribution in [0.25, 0.3) is 11.0 Å². The molecule has 1 fully saturated rings. The predicted octanol–water partition coefficient (Wildman–Crippen LogP) is 2.17. The minimum atomic E-state index is -0.227. The van der Waals surface area contributed by atoms with E-state index in [4.69, 9.17) is 14.9 Å².